The predicted octanol–water partition coefficient (Wildman–Crippen LogP) is 17.2. The highest BCUT2D eigenvalue weighted by Gasteiger charge is 2.21. The maximum atomic E-state index is 6.42. The number of rotatable bonds is 10. The topological polar surface area (TPSA) is 19.6 Å². The van der Waals surface area contributed by atoms with E-state index >= 15 is 0 Å². The van der Waals surface area contributed by atoms with Gasteiger partial charge >= 0.3 is 0 Å². The summed E-state index contributed by atoms with van der Waals surface area (Å²) in [4.78, 5) is 4.71. The first-order valence-corrected chi connectivity index (χ1v) is 21.4. The summed E-state index contributed by atoms with van der Waals surface area (Å²) < 4.78 is 6.42. The molecule has 0 saturated heterocycles. The number of benzene rings is 10. The van der Waals surface area contributed by atoms with Crippen molar-refractivity contribution < 1.29 is 4.42 Å². The van der Waals surface area contributed by atoms with Crippen molar-refractivity contribution in [1.82, 2.24) is 0 Å². The van der Waals surface area contributed by atoms with E-state index in [0.29, 0.717) is 0 Å². The van der Waals surface area contributed by atoms with Crippen LogP contribution in [-0.2, 0) is 0 Å². The molecular formula is C60H42N2O. The van der Waals surface area contributed by atoms with Crippen LogP contribution in [0.3, 0.4) is 0 Å². The number of hydrogen-bond donors (Lipinski definition) is 0. The Kier molecular flexibility index (Phi) is 9.89. The van der Waals surface area contributed by atoms with E-state index in [1.807, 2.05) is 12.1 Å². The van der Waals surface area contributed by atoms with E-state index in [1.165, 1.54) is 33.4 Å². The molecule has 0 amide bonds. The van der Waals surface area contributed by atoms with Gasteiger partial charge in [0.2, 0.25) is 0 Å². The number of nitrogens with zero attached hydrogens (tertiary/aromatic N) is 2. The molecule has 0 aliphatic rings. The summed E-state index contributed by atoms with van der Waals surface area (Å²) in [6, 6.07) is 90.7. The molecule has 1 aromatic heterocycles. The van der Waals surface area contributed by atoms with Crippen molar-refractivity contribution in [1.29, 1.82) is 0 Å². The number of anilines is 6. The highest BCUT2D eigenvalue weighted by atomic mass is 16.3. The molecule has 3 heteroatoms. The van der Waals surface area contributed by atoms with Gasteiger partial charge in [0.1, 0.15) is 11.2 Å². The van der Waals surface area contributed by atoms with Gasteiger partial charge in [-0.2, -0.15) is 0 Å². The summed E-state index contributed by atoms with van der Waals surface area (Å²) in [5.74, 6) is 0. The highest BCUT2D eigenvalue weighted by Crippen LogP contribution is 2.45. The van der Waals surface area contributed by atoms with E-state index in [-0.39, 0.29) is 0 Å². The molecule has 0 saturated carbocycles. The molecule has 3 nitrogen and oxygen atoms in total. The Balaban J connectivity index is 1.02. The Morgan fingerprint density at radius 1 is 0.238 bits per heavy atom. The lowest BCUT2D eigenvalue weighted by Gasteiger charge is -2.28. The summed E-state index contributed by atoms with van der Waals surface area (Å²) in [5, 5.41) is 2.17. The minimum Gasteiger partial charge on any atom is -0.456 e. The first kappa shape index (κ1) is 37.6. The van der Waals surface area contributed by atoms with E-state index < -0.39 is 0 Å². The van der Waals surface area contributed by atoms with Gasteiger partial charge in [0.05, 0.1) is 11.1 Å². The van der Waals surface area contributed by atoms with Gasteiger partial charge in [0.15, 0.2) is 0 Å². The van der Waals surface area contributed by atoms with Crippen molar-refractivity contribution in [2.24, 2.45) is 0 Å². The molecule has 0 unspecified atom stereocenters. The van der Waals surface area contributed by atoms with Crippen LogP contribution in [0, 0.1) is 0 Å². The molecule has 63 heavy (non-hydrogen) atoms. The van der Waals surface area contributed by atoms with Crippen LogP contribution in [-0.4, -0.2) is 0 Å². The van der Waals surface area contributed by atoms with E-state index in [4.69, 9.17) is 4.42 Å². The predicted molar refractivity (Wildman–Crippen MR) is 265 cm³/mol. The maximum absolute atomic E-state index is 6.42. The van der Waals surface area contributed by atoms with E-state index in [0.717, 1.165) is 67.2 Å². The second-order valence-electron chi connectivity index (χ2n) is 15.8. The molecule has 0 spiro atoms. The van der Waals surface area contributed by atoms with Crippen LogP contribution >= 0.6 is 0 Å². The third kappa shape index (κ3) is 7.43. The standard InChI is InChI=1S/C60H42N2O/c1-4-15-43(16-5-1)46-29-35-51(36-30-46)61(52-37-31-47(32-38-52)44-17-6-2-7-18-44)54-23-12-21-49(41-54)50-22-13-24-55(42-50)62(53-39-33-48(34-40-53)45-19-8-3-9-20-45)57-26-14-28-59-60(57)56-25-10-11-27-58(56)63-59/h1-42H. The quantitative estimate of drug-likeness (QED) is 0.137. The third-order valence-corrected chi connectivity index (χ3v) is 11.9. The molecule has 11 rings (SSSR count). The SMILES string of the molecule is c1ccc(-c2ccc(N(c3ccc(-c4ccccc4)cc3)c3cccc(-c4cccc(N(c5ccc(-c6ccccc6)cc5)c5cccc6oc7ccccc7c56)c4)c3)cc2)cc1. The molecule has 0 radical (unpaired) electrons. The van der Waals surface area contributed by atoms with Crippen LogP contribution in [0.5, 0.6) is 0 Å². The van der Waals surface area contributed by atoms with E-state index in [9.17, 15) is 0 Å². The minimum atomic E-state index is 0.858. The van der Waals surface area contributed by atoms with Gasteiger partial charge < -0.3 is 14.2 Å². The van der Waals surface area contributed by atoms with Crippen molar-refractivity contribution in [2.45, 2.75) is 0 Å². The molecule has 0 bridgehead atoms. The van der Waals surface area contributed by atoms with Crippen LogP contribution in [0.1, 0.15) is 0 Å². The van der Waals surface area contributed by atoms with Gasteiger partial charge in [-0.05, 0) is 123 Å². The average Bonchev–Trinajstić information content (AvgIpc) is 3.75. The smallest absolute Gasteiger partial charge is 0.137 e. The summed E-state index contributed by atoms with van der Waals surface area (Å²) in [6.07, 6.45) is 0. The van der Waals surface area contributed by atoms with Gasteiger partial charge in [-0.25, -0.2) is 0 Å². The van der Waals surface area contributed by atoms with E-state index in [1.54, 1.807) is 0 Å². The zero-order valence-electron chi connectivity index (χ0n) is 34.6. The van der Waals surface area contributed by atoms with Gasteiger partial charge in [-0.1, -0.05) is 176 Å². The molecule has 0 aliphatic carbocycles. The highest BCUT2D eigenvalue weighted by molar-refractivity contribution is 6.13. The maximum Gasteiger partial charge on any atom is 0.137 e. The molecule has 11 aromatic rings. The fourth-order valence-corrected chi connectivity index (χ4v) is 8.77. The lowest BCUT2D eigenvalue weighted by atomic mass is 10.0. The summed E-state index contributed by atoms with van der Waals surface area (Å²) in [6.45, 7) is 0. The van der Waals surface area contributed by atoms with Crippen LogP contribution < -0.4 is 9.80 Å². The zero-order chi connectivity index (χ0) is 42.0. The molecule has 0 fully saturated rings. The average molecular weight is 807 g/mol. The molecule has 1 heterocycles. The van der Waals surface area contributed by atoms with Crippen molar-refractivity contribution in [2.75, 3.05) is 9.80 Å². The number of furan rings is 1. The number of para-hydroxylation sites is 1. The minimum absolute atomic E-state index is 0.858. The number of fused-ring (bicyclic) bond motifs is 3. The fourth-order valence-electron chi connectivity index (χ4n) is 8.77. The molecule has 0 N–H and O–H groups in total. The Bertz CT molecular complexity index is 3220. The zero-order valence-corrected chi connectivity index (χ0v) is 34.6. The molecule has 0 atom stereocenters. The Morgan fingerprint density at radius 3 is 1.10 bits per heavy atom. The Labute approximate surface area is 368 Å². The molecule has 10 aromatic carbocycles. The Hall–Kier alpha value is -8.40. The number of hydrogen-bond acceptors (Lipinski definition) is 3. The van der Waals surface area contributed by atoms with Gasteiger partial charge in [-0.3, -0.25) is 0 Å². The van der Waals surface area contributed by atoms with E-state index in [2.05, 4.69) is 252 Å². The normalized spacial score (nSPS) is 11.2. The van der Waals surface area contributed by atoms with Gasteiger partial charge in [0, 0.05) is 33.8 Å². The largest absolute Gasteiger partial charge is 0.456 e. The van der Waals surface area contributed by atoms with Crippen LogP contribution in [0.15, 0.2) is 259 Å². The Morgan fingerprint density at radius 2 is 0.603 bits per heavy atom. The lowest BCUT2D eigenvalue weighted by Crippen LogP contribution is -2.11. The molecule has 0 aliphatic heterocycles. The van der Waals surface area contributed by atoms with Crippen LogP contribution in [0.2, 0.25) is 0 Å². The van der Waals surface area contributed by atoms with Crippen molar-refractivity contribution in [3.05, 3.63) is 255 Å². The second kappa shape index (κ2) is 16.6. The fraction of sp³-hybridized carbons (Fsp3) is 0. The first-order valence-electron chi connectivity index (χ1n) is 21.4. The van der Waals surface area contributed by atoms with Crippen LogP contribution in [0.4, 0.5) is 34.1 Å². The summed E-state index contributed by atoms with van der Waals surface area (Å²) in [5.41, 5.74) is 17.5. The van der Waals surface area contributed by atoms with Gasteiger partial charge in [0.25, 0.3) is 0 Å². The van der Waals surface area contributed by atoms with Gasteiger partial charge in [-0.15, -0.1) is 0 Å². The molecular weight excluding hydrogens is 765 g/mol. The van der Waals surface area contributed by atoms with Crippen molar-refractivity contribution >= 4 is 56.1 Å². The lowest BCUT2D eigenvalue weighted by molar-refractivity contribution is 0.669. The van der Waals surface area contributed by atoms with Crippen molar-refractivity contribution in [3.63, 3.8) is 0 Å². The van der Waals surface area contributed by atoms with Crippen LogP contribution in [0.25, 0.3) is 66.4 Å². The summed E-state index contributed by atoms with van der Waals surface area (Å²) >= 11 is 0. The summed E-state index contributed by atoms with van der Waals surface area (Å²) in [7, 11) is 0. The monoisotopic (exact) mass is 806 g/mol. The molecule has 298 valence electrons. The van der Waals surface area contributed by atoms with Crippen molar-refractivity contribution in [3.8, 4) is 44.5 Å². The second-order valence-corrected chi connectivity index (χ2v) is 15.8. The third-order valence-electron chi connectivity index (χ3n) is 11.9. The first-order chi connectivity index (χ1) is 31.2.